The van der Waals surface area contributed by atoms with Crippen LogP contribution < -0.4 is 4.74 Å². The zero-order valence-electron chi connectivity index (χ0n) is 14.4. The Hall–Kier alpha value is -2.41. The summed E-state index contributed by atoms with van der Waals surface area (Å²) in [7, 11) is -2.02. The Bertz CT molecular complexity index is 899. The van der Waals surface area contributed by atoms with Crippen molar-refractivity contribution in [2.75, 3.05) is 26.0 Å². The molecular weight excluding hydrogens is 357 g/mol. The van der Waals surface area contributed by atoms with E-state index in [2.05, 4.69) is 0 Å². The summed E-state index contributed by atoms with van der Waals surface area (Å²) in [5.41, 5.74) is 0.913. The van der Waals surface area contributed by atoms with Crippen LogP contribution in [0.3, 0.4) is 0 Å². The molecule has 3 rings (SSSR count). The van der Waals surface area contributed by atoms with Crippen LogP contribution in [0, 0.1) is 5.82 Å². The predicted molar refractivity (Wildman–Crippen MR) is 96.4 cm³/mol. The maximum atomic E-state index is 13.9. The standard InChI is InChI=1S/C19H20FNO4S/c1-25-17-8-7-15(13-16(17)20)19(22)21-10-9-18(26(23,24)12-11-21)14-5-3-2-4-6-14/h2-8,13,18H,9-12H2,1H3. The summed E-state index contributed by atoms with van der Waals surface area (Å²) >= 11 is 0. The second-order valence-corrected chi connectivity index (χ2v) is 8.50. The number of hydrogen-bond donors (Lipinski definition) is 0. The number of methoxy groups -OCH3 is 1. The molecule has 0 N–H and O–H groups in total. The number of rotatable bonds is 3. The number of carbonyl (C=O) groups excluding carboxylic acids is 1. The Morgan fingerprint density at radius 2 is 1.88 bits per heavy atom. The molecule has 1 saturated heterocycles. The van der Waals surface area contributed by atoms with Crippen LogP contribution in [0.4, 0.5) is 4.39 Å². The molecule has 0 aromatic heterocycles. The number of amides is 1. The number of benzene rings is 2. The topological polar surface area (TPSA) is 63.7 Å². The Morgan fingerprint density at radius 1 is 1.15 bits per heavy atom. The molecule has 0 saturated carbocycles. The first-order valence-corrected chi connectivity index (χ1v) is 10.0. The number of sulfone groups is 1. The highest BCUT2D eigenvalue weighted by molar-refractivity contribution is 7.91. The number of ether oxygens (including phenoxy) is 1. The van der Waals surface area contributed by atoms with Crippen LogP contribution in [0.1, 0.15) is 27.6 Å². The molecule has 1 fully saturated rings. The third-order valence-electron chi connectivity index (χ3n) is 4.60. The Kier molecular flexibility index (Phi) is 5.27. The zero-order valence-corrected chi connectivity index (χ0v) is 15.2. The summed E-state index contributed by atoms with van der Waals surface area (Å²) in [6.45, 7) is 0.392. The molecule has 1 heterocycles. The quantitative estimate of drug-likeness (QED) is 0.825. The average molecular weight is 377 g/mol. The molecule has 1 atom stereocenters. The Morgan fingerprint density at radius 3 is 2.54 bits per heavy atom. The number of nitrogens with zero attached hydrogens (tertiary/aromatic N) is 1. The van der Waals surface area contributed by atoms with E-state index in [0.29, 0.717) is 13.0 Å². The molecule has 2 aromatic rings. The molecular formula is C19H20FNO4S. The van der Waals surface area contributed by atoms with Gasteiger partial charge in [0, 0.05) is 18.7 Å². The zero-order chi connectivity index (χ0) is 18.7. The molecule has 0 radical (unpaired) electrons. The minimum Gasteiger partial charge on any atom is -0.494 e. The summed E-state index contributed by atoms with van der Waals surface area (Å²) < 4.78 is 44.0. The molecule has 26 heavy (non-hydrogen) atoms. The van der Waals surface area contributed by atoms with Gasteiger partial charge >= 0.3 is 0 Å². The van der Waals surface area contributed by atoms with Crippen molar-refractivity contribution in [1.82, 2.24) is 4.90 Å². The van der Waals surface area contributed by atoms with Gasteiger partial charge in [-0.25, -0.2) is 12.8 Å². The smallest absolute Gasteiger partial charge is 0.253 e. The van der Waals surface area contributed by atoms with Gasteiger partial charge in [0.2, 0.25) is 0 Å². The molecule has 1 aliphatic rings. The lowest BCUT2D eigenvalue weighted by Crippen LogP contribution is -2.33. The number of carbonyl (C=O) groups is 1. The van der Waals surface area contributed by atoms with Crippen molar-refractivity contribution in [3.8, 4) is 5.75 Å². The van der Waals surface area contributed by atoms with Gasteiger partial charge in [0.25, 0.3) is 5.91 Å². The van der Waals surface area contributed by atoms with E-state index in [-0.39, 0.29) is 29.5 Å². The third-order valence-corrected chi connectivity index (χ3v) is 6.72. The van der Waals surface area contributed by atoms with Crippen molar-refractivity contribution in [2.24, 2.45) is 0 Å². The van der Waals surface area contributed by atoms with Gasteiger partial charge in [-0.2, -0.15) is 0 Å². The predicted octanol–water partition coefficient (Wildman–Crippen LogP) is 2.84. The average Bonchev–Trinajstić information content (AvgIpc) is 2.80. The van der Waals surface area contributed by atoms with Crippen LogP contribution in [-0.2, 0) is 9.84 Å². The number of hydrogen-bond acceptors (Lipinski definition) is 4. The molecule has 1 amide bonds. The van der Waals surface area contributed by atoms with Crippen LogP contribution >= 0.6 is 0 Å². The molecule has 7 heteroatoms. The monoisotopic (exact) mass is 377 g/mol. The van der Waals surface area contributed by atoms with E-state index in [9.17, 15) is 17.6 Å². The van der Waals surface area contributed by atoms with E-state index < -0.39 is 20.9 Å². The highest BCUT2D eigenvalue weighted by atomic mass is 32.2. The van der Waals surface area contributed by atoms with E-state index >= 15 is 0 Å². The maximum Gasteiger partial charge on any atom is 0.253 e. The summed E-state index contributed by atoms with van der Waals surface area (Å²) in [6, 6.07) is 13.0. The molecule has 0 aliphatic carbocycles. The lowest BCUT2D eigenvalue weighted by atomic mass is 10.1. The molecule has 138 valence electrons. The fraction of sp³-hybridized carbons (Fsp3) is 0.316. The first kappa shape index (κ1) is 18.4. The summed E-state index contributed by atoms with van der Waals surface area (Å²) in [6.07, 6.45) is 0.316. The van der Waals surface area contributed by atoms with Crippen LogP contribution in [0.25, 0.3) is 0 Å². The van der Waals surface area contributed by atoms with Gasteiger partial charge in [-0.3, -0.25) is 4.79 Å². The van der Waals surface area contributed by atoms with Crippen LogP contribution in [0.15, 0.2) is 48.5 Å². The second-order valence-electron chi connectivity index (χ2n) is 6.20. The maximum absolute atomic E-state index is 13.9. The lowest BCUT2D eigenvalue weighted by Gasteiger charge is -2.20. The fourth-order valence-electron chi connectivity index (χ4n) is 3.17. The van der Waals surface area contributed by atoms with Gasteiger partial charge in [-0.05, 0) is 30.2 Å². The minimum absolute atomic E-state index is 0.0594. The Labute approximate surface area is 152 Å². The first-order chi connectivity index (χ1) is 12.4. The first-order valence-electron chi connectivity index (χ1n) is 8.31. The van der Waals surface area contributed by atoms with Crippen molar-refractivity contribution >= 4 is 15.7 Å². The fourth-order valence-corrected chi connectivity index (χ4v) is 4.97. The molecule has 0 spiro atoms. The van der Waals surface area contributed by atoms with Crippen LogP contribution in [0.2, 0.25) is 0 Å². The van der Waals surface area contributed by atoms with E-state index in [1.54, 1.807) is 24.3 Å². The van der Waals surface area contributed by atoms with E-state index in [4.69, 9.17) is 4.74 Å². The van der Waals surface area contributed by atoms with E-state index in [0.717, 1.165) is 11.6 Å². The highest BCUT2D eigenvalue weighted by Gasteiger charge is 2.32. The van der Waals surface area contributed by atoms with Crippen molar-refractivity contribution < 1.29 is 22.3 Å². The van der Waals surface area contributed by atoms with Gasteiger partial charge in [-0.1, -0.05) is 30.3 Å². The van der Waals surface area contributed by atoms with E-state index in [1.165, 1.54) is 24.1 Å². The summed E-state index contributed by atoms with van der Waals surface area (Å²) in [5, 5.41) is -0.630. The molecule has 5 nitrogen and oxygen atoms in total. The van der Waals surface area contributed by atoms with Gasteiger partial charge in [0.05, 0.1) is 18.1 Å². The summed E-state index contributed by atoms with van der Waals surface area (Å²) in [4.78, 5) is 14.2. The highest BCUT2D eigenvalue weighted by Crippen LogP contribution is 2.30. The Balaban J connectivity index is 1.81. The second kappa shape index (κ2) is 7.45. The van der Waals surface area contributed by atoms with Crippen molar-refractivity contribution in [1.29, 1.82) is 0 Å². The molecule has 1 aliphatic heterocycles. The van der Waals surface area contributed by atoms with Gasteiger partial charge < -0.3 is 9.64 Å². The summed E-state index contributed by atoms with van der Waals surface area (Å²) in [5.74, 6) is -1.06. The van der Waals surface area contributed by atoms with Crippen LogP contribution in [-0.4, -0.2) is 45.2 Å². The molecule has 2 aromatic carbocycles. The van der Waals surface area contributed by atoms with Gasteiger partial charge in [0.1, 0.15) is 0 Å². The number of halogens is 1. The van der Waals surface area contributed by atoms with Gasteiger partial charge in [0.15, 0.2) is 21.4 Å². The lowest BCUT2D eigenvalue weighted by molar-refractivity contribution is 0.0766. The van der Waals surface area contributed by atoms with Crippen molar-refractivity contribution in [3.05, 3.63) is 65.5 Å². The van der Waals surface area contributed by atoms with Crippen molar-refractivity contribution in [3.63, 3.8) is 0 Å². The third kappa shape index (κ3) is 3.72. The minimum atomic E-state index is -3.37. The van der Waals surface area contributed by atoms with E-state index in [1.807, 2.05) is 6.07 Å². The van der Waals surface area contributed by atoms with Gasteiger partial charge in [-0.15, -0.1) is 0 Å². The largest absolute Gasteiger partial charge is 0.494 e. The van der Waals surface area contributed by atoms with Crippen molar-refractivity contribution in [2.45, 2.75) is 11.7 Å². The van der Waals surface area contributed by atoms with Crippen LogP contribution in [0.5, 0.6) is 5.75 Å². The molecule has 1 unspecified atom stereocenters. The normalized spacial score (nSPS) is 19.6. The molecule has 0 bridgehead atoms. The SMILES string of the molecule is COc1ccc(C(=O)N2CCC(c3ccccc3)S(=O)(=O)CC2)cc1F.